The molecule has 0 saturated heterocycles. The Morgan fingerprint density at radius 2 is 1.81 bits per heavy atom. The fraction of sp³-hybridized carbons (Fsp3) is 0.450. The van der Waals surface area contributed by atoms with Gasteiger partial charge in [-0.3, -0.25) is 9.59 Å². The molecule has 142 valence electrons. The molecule has 0 aromatic carbocycles. The Kier molecular flexibility index (Phi) is 9.12. The molecule has 0 aliphatic rings. The molecule has 0 aliphatic carbocycles. The summed E-state index contributed by atoms with van der Waals surface area (Å²) in [5.41, 5.74) is 2.25. The monoisotopic (exact) mass is 362 g/mol. The second kappa shape index (κ2) is 11.1. The zero-order valence-corrected chi connectivity index (χ0v) is 15.8. The predicted molar refractivity (Wildman–Crippen MR) is 97.8 cm³/mol. The summed E-state index contributed by atoms with van der Waals surface area (Å²) in [6, 6.07) is 2.66. The lowest BCUT2D eigenvalue weighted by Crippen LogP contribution is -2.15. The average Bonchev–Trinajstić information content (AvgIpc) is 2.56. The van der Waals surface area contributed by atoms with Gasteiger partial charge in [-0.25, -0.2) is 4.79 Å². The highest BCUT2D eigenvalue weighted by molar-refractivity contribution is 5.75. The van der Waals surface area contributed by atoms with Gasteiger partial charge in [0.05, 0.1) is 13.5 Å². The average molecular weight is 362 g/mol. The second-order valence-corrected chi connectivity index (χ2v) is 6.19. The number of carbonyl (C=O) groups excluding carboxylic acids is 2. The predicted octanol–water partition coefficient (Wildman–Crippen LogP) is 3.13. The van der Waals surface area contributed by atoms with E-state index in [9.17, 15) is 14.4 Å². The molecule has 0 radical (unpaired) electrons. The Morgan fingerprint density at radius 1 is 1.08 bits per heavy atom. The van der Waals surface area contributed by atoms with Crippen molar-refractivity contribution >= 4 is 11.9 Å². The zero-order valence-electron chi connectivity index (χ0n) is 15.8. The van der Waals surface area contributed by atoms with Crippen LogP contribution in [0.3, 0.4) is 0 Å². The van der Waals surface area contributed by atoms with Crippen LogP contribution in [-0.2, 0) is 31.9 Å². The summed E-state index contributed by atoms with van der Waals surface area (Å²) in [5, 5.41) is 0. The number of hydrogen-bond acceptors (Lipinski definition) is 6. The van der Waals surface area contributed by atoms with Gasteiger partial charge in [-0.05, 0) is 45.8 Å². The van der Waals surface area contributed by atoms with Gasteiger partial charge in [-0.1, -0.05) is 17.2 Å². The number of rotatable bonds is 9. The van der Waals surface area contributed by atoms with Gasteiger partial charge < -0.3 is 13.9 Å². The maximum absolute atomic E-state index is 12.0. The SMILES string of the molecule is COC(=O)Cc1ccc(=O)oc1CC(=O)OCC=C(C)CCC=C(C)C. The van der Waals surface area contributed by atoms with Crippen molar-refractivity contribution in [1.29, 1.82) is 0 Å². The number of esters is 2. The van der Waals surface area contributed by atoms with Crippen molar-refractivity contribution in [2.75, 3.05) is 13.7 Å². The van der Waals surface area contributed by atoms with Crippen LogP contribution < -0.4 is 5.63 Å². The Bertz CT molecular complexity index is 735. The van der Waals surface area contributed by atoms with Crippen LogP contribution in [0.1, 0.15) is 44.9 Å². The topological polar surface area (TPSA) is 82.8 Å². The lowest BCUT2D eigenvalue weighted by atomic mass is 10.1. The smallest absolute Gasteiger partial charge is 0.335 e. The lowest BCUT2D eigenvalue weighted by molar-refractivity contribution is -0.142. The summed E-state index contributed by atoms with van der Waals surface area (Å²) in [6.45, 7) is 6.24. The zero-order chi connectivity index (χ0) is 19.5. The molecule has 0 amide bonds. The summed E-state index contributed by atoms with van der Waals surface area (Å²) in [7, 11) is 1.27. The van der Waals surface area contributed by atoms with Gasteiger partial charge in [0.2, 0.25) is 0 Å². The summed E-state index contributed by atoms with van der Waals surface area (Å²) in [4.78, 5) is 34.8. The first-order valence-corrected chi connectivity index (χ1v) is 8.45. The van der Waals surface area contributed by atoms with Crippen LogP contribution in [0.25, 0.3) is 0 Å². The molecule has 0 saturated carbocycles. The number of methoxy groups -OCH3 is 1. The molecule has 1 rings (SSSR count). The number of allylic oxidation sites excluding steroid dienone is 3. The Hall–Kier alpha value is -2.63. The van der Waals surface area contributed by atoms with Crippen LogP contribution in [0.4, 0.5) is 0 Å². The van der Waals surface area contributed by atoms with Crippen LogP contribution in [0.15, 0.2) is 44.6 Å². The van der Waals surface area contributed by atoms with E-state index in [2.05, 4.69) is 24.7 Å². The molecule has 1 heterocycles. The minimum Gasteiger partial charge on any atom is -0.469 e. The summed E-state index contributed by atoms with van der Waals surface area (Å²) in [5.74, 6) is -0.889. The van der Waals surface area contributed by atoms with E-state index in [1.54, 1.807) is 0 Å². The third kappa shape index (κ3) is 8.46. The third-order valence-electron chi connectivity index (χ3n) is 3.64. The minimum absolute atomic E-state index is 0.0771. The molecule has 0 bridgehead atoms. The van der Waals surface area contributed by atoms with Gasteiger partial charge >= 0.3 is 17.6 Å². The third-order valence-corrected chi connectivity index (χ3v) is 3.64. The number of carbonyl (C=O) groups is 2. The molecule has 0 fully saturated rings. The Morgan fingerprint density at radius 3 is 2.46 bits per heavy atom. The van der Waals surface area contributed by atoms with E-state index < -0.39 is 17.6 Å². The highest BCUT2D eigenvalue weighted by atomic mass is 16.5. The normalized spacial score (nSPS) is 11.0. The van der Waals surface area contributed by atoms with Crippen LogP contribution in [-0.4, -0.2) is 25.7 Å². The van der Waals surface area contributed by atoms with E-state index in [1.807, 2.05) is 13.0 Å². The van der Waals surface area contributed by atoms with Crippen molar-refractivity contribution in [2.45, 2.75) is 46.5 Å². The molecule has 0 unspecified atom stereocenters. The van der Waals surface area contributed by atoms with Gasteiger partial charge in [-0.15, -0.1) is 0 Å². The van der Waals surface area contributed by atoms with Crippen LogP contribution in [0.5, 0.6) is 0 Å². The van der Waals surface area contributed by atoms with Gasteiger partial charge in [0.25, 0.3) is 0 Å². The van der Waals surface area contributed by atoms with Gasteiger partial charge in [0, 0.05) is 11.6 Å². The van der Waals surface area contributed by atoms with Crippen LogP contribution in [0.2, 0.25) is 0 Å². The van der Waals surface area contributed by atoms with E-state index in [0.29, 0.717) is 5.56 Å². The van der Waals surface area contributed by atoms with Crippen LogP contribution in [0, 0.1) is 0 Å². The molecule has 0 N–H and O–H groups in total. The molecular formula is C20H26O6. The molecule has 26 heavy (non-hydrogen) atoms. The van der Waals surface area contributed by atoms with E-state index >= 15 is 0 Å². The molecule has 0 aliphatic heterocycles. The number of ether oxygens (including phenoxy) is 2. The molecule has 1 aromatic heterocycles. The van der Waals surface area contributed by atoms with Gasteiger partial charge in [-0.2, -0.15) is 0 Å². The van der Waals surface area contributed by atoms with E-state index in [-0.39, 0.29) is 25.2 Å². The summed E-state index contributed by atoms with van der Waals surface area (Å²) >= 11 is 0. The number of hydrogen-bond donors (Lipinski definition) is 0. The summed E-state index contributed by atoms with van der Waals surface area (Å²) in [6.07, 6.45) is 5.57. The fourth-order valence-corrected chi connectivity index (χ4v) is 2.17. The first kappa shape index (κ1) is 21.4. The van der Waals surface area contributed by atoms with E-state index in [1.165, 1.54) is 24.8 Å². The standard InChI is InChI=1S/C20H26O6/c1-14(2)6-5-7-15(3)10-11-25-20(23)13-17-16(12-19(22)24-4)8-9-18(21)26-17/h6,8-10H,5,7,11-13H2,1-4H3. The first-order valence-electron chi connectivity index (χ1n) is 8.45. The van der Waals surface area contributed by atoms with Crippen molar-refractivity contribution < 1.29 is 23.5 Å². The van der Waals surface area contributed by atoms with Crippen molar-refractivity contribution in [2.24, 2.45) is 0 Å². The first-order chi connectivity index (χ1) is 12.3. The molecule has 0 spiro atoms. The van der Waals surface area contributed by atoms with Gasteiger partial charge in [0.15, 0.2) is 0 Å². The van der Waals surface area contributed by atoms with Crippen molar-refractivity contribution in [3.05, 3.63) is 57.2 Å². The fourth-order valence-electron chi connectivity index (χ4n) is 2.17. The molecule has 0 atom stereocenters. The Labute approximate surface area is 153 Å². The highest BCUT2D eigenvalue weighted by Gasteiger charge is 2.15. The minimum atomic E-state index is -0.587. The van der Waals surface area contributed by atoms with Crippen molar-refractivity contribution in [1.82, 2.24) is 0 Å². The van der Waals surface area contributed by atoms with Crippen LogP contribution >= 0.6 is 0 Å². The van der Waals surface area contributed by atoms with Crippen molar-refractivity contribution in [3.8, 4) is 0 Å². The largest absolute Gasteiger partial charge is 0.469 e. The molecule has 6 nitrogen and oxygen atoms in total. The Balaban J connectivity index is 2.60. The highest BCUT2D eigenvalue weighted by Crippen LogP contribution is 2.10. The van der Waals surface area contributed by atoms with E-state index in [4.69, 9.17) is 9.15 Å². The van der Waals surface area contributed by atoms with Gasteiger partial charge in [0.1, 0.15) is 18.8 Å². The molecular weight excluding hydrogens is 336 g/mol. The molecule has 6 heteroatoms. The van der Waals surface area contributed by atoms with Crippen molar-refractivity contribution in [3.63, 3.8) is 0 Å². The quantitative estimate of drug-likeness (QED) is 0.496. The van der Waals surface area contributed by atoms with E-state index in [0.717, 1.165) is 18.4 Å². The maximum Gasteiger partial charge on any atom is 0.335 e. The summed E-state index contributed by atoms with van der Waals surface area (Å²) < 4.78 is 14.8. The maximum atomic E-state index is 12.0. The lowest BCUT2D eigenvalue weighted by Gasteiger charge is -2.07. The molecule has 1 aromatic rings. The second-order valence-electron chi connectivity index (χ2n) is 6.19.